The first-order valence-electron chi connectivity index (χ1n) is 9.99. The summed E-state index contributed by atoms with van der Waals surface area (Å²) in [5, 5.41) is 32.8. The maximum absolute atomic E-state index is 11.7. The summed E-state index contributed by atoms with van der Waals surface area (Å²) in [5.74, 6) is -0.104. The van der Waals surface area contributed by atoms with E-state index in [1.807, 2.05) is 4.90 Å². The maximum atomic E-state index is 11.7. The van der Waals surface area contributed by atoms with Crippen molar-refractivity contribution in [2.24, 2.45) is 0 Å². The molecule has 1 aromatic heterocycles. The number of carboxylic acid groups (broad SMARTS) is 1. The van der Waals surface area contributed by atoms with Crippen LogP contribution in [0.2, 0.25) is 0 Å². The standard InChI is InChI=1S/C21H27N3O6S/c1-31(29)19-10-17(3-4-18(19)26)30-13-16(25)12-24(15-6-8-22-9-7-15)20-5-2-14(11-23-20)21(27)28/h2-5,10-11,15-16,22,25-26H,6-9,12-13H2,1H3,(H,27,28). The third-order valence-electron chi connectivity index (χ3n) is 5.13. The summed E-state index contributed by atoms with van der Waals surface area (Å²) in [5.41, 5.74) is 0.106. The van der Waals surface area contributed by atoms with Crippen LogP contribution in [0.1, 0.15) is 23.2 Å². The van der Waals surface area contributed by atoms with Crippen molar-refractivity contribution in [3.63, 3.8) is 0 Å². The lowest BCUT2D eigenvalue weighted by Gasteiger charge is -2.36. The molecule has 0 bridgehead atoms. The van der Waals surface area contributed by atoms with E-state index in [1.165, 1.54) is 30.7 Å². The summed E-state index contributed by atoms with van der Waals surface area (Å²) >= 11 is 0. The van der Waals surface area contributed by atoms with Crippen LogP contribution in [0.5, 0.6) is 11.5 Å². The van der Waals surface area contributed by atoms with E-state index >= 15 is 0 Å². The van der Waals surface area contributed by atoms with E-state index in [1.54, 1.807) is 12.1 Å². The van der Waals surface area contributed by atoms with Crippen LogP contribution in [0.25, 0.3) is 0 Å². The number of aliphatic hydroxyl groups is 1. The molecular formula is C21H27N3O6S. The van der Waals surface area contributed by atoms with Crippen LogP contribution in [0, 0.1) is 0 Å². The van der Waals surface area contributed by atoms with Gasteiger partial charge in [0.05, 0.1) is 21.3 Å². The fourth-order valence-electron chi connectivity index (χ4n) is 3.52. The minimum atomic E-state index is -1.36. The molecule has 10 heteroatoms. The molecule has 0 saturated carbocycles. The van der Waals surface area contributed by atoms with Gasteiger partial charge in [-0.3, -0.25) is 4.21 Å². The SMILES string of the molecule is CS(=O)c1cc(OCC(O)CN(c2ccc(C(=O)O)cn2)C2CCNCC2)ccc1O. The van der Waals surface area contributed by atoms with Gasteiger partial charge in [0, 0.05) is 25.0 Å². The average molecular weight is 450 g/mol. The largest absolute Gasteiger partial charge is 0.507 e. The number of carboxylic acids is 1. The van der Waals surface area contributed by atoms with Gasteiger partial charge in [-0.25, -0.2) is 9.78 Å². The second kappa shape index (κ2) is 10.6. The summed E-state index contributed by atoms with van der Waals surface area (Å²) in [7, 11) is -1.36. The van der Waals surface area contributed by atoms with Crippen molar-refractivity contribution >= 4 is 22.6 Å². The Morgan fingerprint density at radius 1 is 1.32 bits per heavy atom. The van der Waals surface area contributed by atoms with E-state index in [-0.39, 0.29) is 35.4 Å². The maximum Gasteiger partial charge on any atom is 0.337 e. The minimum absolute atomic E-state index is 0.00472. The van der Waals surface area contributed by atoms with Gasteiger partial charge in [0.1, 0.15) is 30.0 Å². The Balaban J connectivity index is 1.69. The van der Waals surface area contributed by atoms with Crippen molar-refractivity contribution in [2.45, 2.75) is 29.9 Å². The summed E-state index contributed by atoms with van der Waals surface area (Å²) in [4.78, 5) is 17.7. The number of phenols is 1. The highest BCUT2D eigenvalue weighted by atomic mass is 32.2. The molecule has 2 unspecified atom stereocenters. The number of phenolic OH excluding ortho intramolecular Hbond substituents is 1. The van der Waals surface area contributed by atoms with Crippen LogP contribution in [-0.2, 0) is 10.8 Å². The number of nitrogens with zero attached hydrogens (tertiary/aromatic N) is 2. The number of anilines is 1. The van der Waals surface area contributed by atoms with Gasteiger partial charge in [-0.05, 0) is 56.3 Å². The number of benzene rings is 1. The van der Waals surface area contributed by atoms with Crippen molar-refractivity contribution < 1.29 is 29.1 Å². The molecule has 1 saturated heterocycles. The van der Waals surface area contributed by atoms with E-state index in [4.69, 9.17) is 9.84 Å². The smallest absolute Gasteiger partial charge is 0.337 e. The molecule has 0 aliphatic carbocycles. The first kappa shape index (κ1) is 23.0. The summed E-state index contributed by atoms with van der Waals surface area (Å²) in [6.07, 6.45) is 3.68. The Morgan fingerprint density at radius 3 is 2.68 bits per heavy atom. The molecule has 9 nitrogen and oxygen atoms in total. The molecule has 168 valence electrons. The van der Waals surface area contributed by atoms with Crippen molar-refractivity contribution in [1.82, 2.24) is 10.3 Å². The van der Waals surface area contributed by atoms with Crippen LogP contribution >= 0.6 is 0 Å². The number of pyridine rings is 1. The number of rotatable bonds is 9. The molecule has 4 N–H and O–H groups in total. The Kier molecular flexibility index (Phi) is 7.83. The lowest BCUT2D eigenvalue weighted by Crippen LogP contribution is -2.47. The fraction of sp³-hybridized carbons (Fsp3) is 0.429. The quantitative estimate of drug-likeness (QED) is 0.446. The molecule has 3 rings (SSSR count). The molecule has 0 spiro atoms. The second-order valence-corrected chi connectivity index (χ2v) is 8.74. The van der Waals surface area contributed by atoms with Gasteiger partial charge in [0.2, 0.25) is 0 Å². The monoisotopic (exact) mass is 449 g/mol. The summed E-state index contributed by atoms with van der Waals surface area (Å²) in [6.45, 7) is 1.96. The minimum Gasteiger partial charge on any atom is -0.507 e. The molecule has 0 amide bonds. The van der Waals surface area contributed by atoms with Gasteiger partial charge in [-0.2, -0.15) is 0 Å². The first-order valence-corrected chi connectivity index (χ1v) is 11.5. The van der Waals surface area contributed by atoms with Crippen molar-refractivity contribution in [1.29, 1.82) is 0 Å². The van der Waals surface area contributed by atoms with Crippen LogP contribution in [0.3, 0.4) is 0 Å². The Labute approximate surface area is 183 Å². The molecule has 1 aromatic carbocycles. The molecule has 31 heavy (non-hydrogen) atoms. The van der Waals surface area contributed by atoms with Crippen molar-refractivity contribution in [3.8, 4) is 11.5 Å². The van der Waals surface area contributed by atoms with Crippen molar-refractivity contribution in [3.05, 3.63) is 42.1 Å². The third kappa shape index (κ3) is 6.16. The Morgan fingerprint density at radius 2 is 2.06 bits per heavy atom. The zero-order chi connectivity index (χ0) is 22.4. The average Bonchev–Trinajstić information content (AvgIpc) is 2.77. The lowest BCUT2D eigenvalue weighted by atomic mass is 10.0. The number of aliphatic hydroxyl groups excluding tert-OH is 1. The molecule has 1 aliphatic heterocycles. The van der Waals surface area contributed by atoms with E-state index in [0.717, 1.165) is 25.9 Å². The highest BCUT2D eigenvalue weighted by molar-refractivity contribution is 7.84. The molecular weight excluding hydrogens is 422 g/mol. The zero-order valence-corrected chi connectivity index (χ0v) is 18.0. The normalized spacial score (nSPS) is 16.5. The van der Waals surface area contributed by atoms with Gasteiger partial charge in [0.15, 0.2) is 0 Å². The highest BCUT2D eigenvalue weighted by Gasteiger charge is 2.25. The number of nitrogens with one attached hydrogen (secondary N) is 1. The number of aromatic carboxylic acids is 1. The number of carbonyl (C=O) groups is 1. The number of aromatic nitrogens is 1. The van der Waals surface area contributed by atoms with E-state index < -0.39 is 22.9 Å². The number of aromatic hydroxyl groups is 1. The topological polar surface area (TPSA) is 132 Å². The number of hydrogen-bond donors (Lipinski definition) is 4. The van der Waals surface area contributed by atoms with Crippen LogP contribution in [-0.4, -0.2) is 75.1 Å². The third-order valence-corrected chi connectivity index (χ3v) is 6.08. The molecule has 1 aliphatic rings. The number of piperidine rings is 1. The number of hydrogen-bond acceptors (Lipinski definition) is 8. The van der Waals surface area contributed by atoms with Gasteiger partial charge >= 0.3 is 5.97 Å². The van der Waals surface area contributed by atoms with E-state index in [0.29, 0.717) is 11.6 Å². The molecule has 1 fully saturated rings. The second-order valence-electron chi connectivity index (χ2n) is 7.39. The number of ether oxygens (including phenoxy) is 1. The van der Waals surface area contributed by atoms with E-state index in [2.05, 4.69) is 10.3 Å². The predicted octanol–water partition coefficient (Wildman–Crippen LogP) is 1.22. The molecule has 2 heterocycles. The Hall–Kier alpha value is -2.69. The Bertz CT molecular complexity index is 918. The van der Waals surface area contributed by atoms with Gasteiger partial charge in [0.25, 0.3) is 0 Å². The van der Waals surface area contributed by atoms with Gasteiger partial charge in [-0.15, -0.1) is 0 Å². The molecule has 0 radical (unpaired) electrons. The summed E-state index contributed by atoms with van der Waals surface area (Å²) < 4.78 is 17.3. The zero-order valence-electron chi connectivity index (χ0n) is 17.2. The van der Waals surface area contributed by atoms with Crippen LogP contribution in [0.15, 0.2) is 41.4 Å². The van der Waals surface area contributed by atoms with Crippen LogP contribution < -0.4 is 15.0 Å². The van der Waals surface area contributed by atoms with Crippen LogP contribution in [0.4, 0.5) is 5.82 Å². The molecule has 2 aromatic rings. The highest BCUT2D eigenvalue weighted by Crippen LogP contribution is 2.26. The van der Waals surface area contributed by atoms with Gasteiger partial charge in [-0.1, -0.05) is 0 Å². The first-order chi connectivity index (χ1) is 14.8. The summed E-state index contributed by atoms with van der Waals surface area (Å²) in [6, 6.07) is 7.77. The fourth-order valence-corrected chi connectivity index (χ4v) is 4.16. The predicted molar refractivity (Wildman–Crippen MR) is 116 cm³/mol. The lowest BCUT2D eigenvalue weighted by molar-refractivity contribution is 0.0696. The van der Waals surface area contributed by atoms with Crippen molar-refractivity contribution in [2.75, 3.05) is 37.4 Å². The molecule has 2 atom stereocenters. The van der Waals surface area contributed by atoms with Gasteiger partial charge < -0.3 is 30.3 Å². The van der Waals surface area contributed by atoms with E-state index in [9.17, 15) is 19.2 Å².